The fourth-order valence-electron chi connectivity index (χ4n) is 1.77. The van der Waals surface area contributed by atoms with Gasteiger partial charge in [0.05, 0.1) is 12.2 Å². The average Bonchev–Trinajstić information content (AvgIpc) is 2.59. The summed E-state index contributed by atoms with van der Waals surface area (Å²) in [5, 5.41) is 10.5. The molecule has 2 rings (SSSR count). The maximum Gasteiger partial charge on any atom is 0.126 e. The fourth-order valence-corrected chi connectivity index (χ4v) is 1.96. The van der Waals surface area contributed by atoms with E-state index in [9.17, 15) is 9.50 Å². The van der Waals surface area contributed by atoms with Crippen LogP contribution in [0.15, 0.2) is 18.2 Å². The average molecular weight is 231 g/mol. The van der Waals surface area contributed by atoms with Crippen LogP contribution in [-0.4, -0.2) is 23.9 Å². The van der Waals surface area contributed by atoms with Gasteiger partial charge in [0.1, 0.15) is 5.82 Å². The molecule has 1 aliphatic rings. The van der Waals surface area contributed by atoms with Gasteiger partial charge in [-0.2, -0.15) is 0 Å². The molecule has 0 bridgehead atoms. The Hall–Kier alpha value is -0.640. The standard InChI is InChI=1S/C11H12ClFO2/c12-9-1-2-10(13)8(5-9)6-11(14)3-4-15-7-11/h1-2,5,14H,3-4,6-7H2. The first kappa shape index (κ1) is 10.9. The highest BCUT2D eigenvalue weighted by molar-refractivity contribution is 6.30. The van der Waals surface area contributed by atoms with Crippen LogP contribution in [0.5, 0.6) is 0 Å². The first-order chi connectivity index (χ1) is 7.09. The van der Waals surface area contributed by atoms with Crippen molar-refractivity contribution in [2.45, 2.75) is 18.4 Å². The molecule has 0 spiro atoms. The van der Waals surface area contributed by atoms with E-state index in [1.54, 1.807) is 6.07 Å². The minimum atomic E-state index is -0.939. The summed E-state index contributed by atoms with van der Waals surface area (Å²) in [4.78, 5) is 0. The van der Waals surface area contributed by atoms with Crippen molar-refractivity contribution in [3.63, 3.8) is 0 Å². The Morgan fingerprint density at radius 3 is 3.00 bits per heavy atom. The minimum Gasteiger partial charge on any atom is -0.387 e. The van der Waals surface area contributed by atoms with Crippen LogP contribution >= 0.6 is 11.6 Å². The topological polar surface area (TPSA) is 29.5 Å². The molecule has 1 atom stereocenters. The molecule has 1 aromatic carbocycles. The maximum atomic E-state index is 13.4. The normalized spacial score (nSPS) is 25.8. The monoisotopic (exact) mass is 230 g/mol. The largest absolute Gasteiger partial charge is 0.387 e. The summed E-state index contributed by atoms with van der Waals surface area (Å²) in [5.74, 6) is -0.334. The van der Waals surface area contributed by atoms with Crippen LogP contribution in [0.1, 0.15) is 12.0 Å². The SMILES string of the molecule is OC1(Cc2cc(Cl)ccc2F)CCOC1. The minimum absolute atomic E-state index is 0.249. The molecule has 1 fully saturated rings. The molecular weight excluding hydrogens is 219 g/mol. The van der Waals surface area contributed by atoms with Gasteiger partial charge < -0.3 is 9.84 Å². The van der Waals surface area contributed by atoms with Crippen molar-refractivity contribution in [3.8, 4) is 0 Å². The summed E-state index contributed by atoms with van der Waals surface area (Å²) < 4.78 is 18.5. The number of benzene rings is 1. The van der Waals surface area contributed by atoms with Gasteiger partial charge in [0, 0.05) is 24.5 Å². The second-order valence-electron chi connectivity index (χ2n) is 3.94. The van der Waals surface area contributed by atoms with Crippen LogP contribution < -0.4 is 0 Å². The van der Waals surface area contributed by atoms with Gasteiger partial charge in [-0.25, -0.2) is 4.39 Å². The van der Waals surface area contributed by atoms with Crippen molar-refractivity contribution in [1.82, 2.24) is 0 Å². The van der Waals surface area contributed by atoms with E-state index < -0.39 is 5.60 Å². The third kappa shape index (κ3) is 2.48. The quantitative estimate of drug-likeness (QED) is 0.844. The zero-order valence-electron chi connectivity index (χ0n) is 8.17. The lowest BCUT2D eigenvalue weighted by Gasteiger charge is -2.20. The number of ether oxygens (including phenoxy) is 1. The van der Waals surface area contributed by atoms with E-state index in [1.165, 1.54) is 12.1 Å². The van der Waals surface area contributed by atoms with Gasteiger partial charge in [0.15, 0.2) is 0 Å². The van der Waals surface area contributed by atoms with Crippen molar-refractivity contribution < 1.29 is 14.2 Å². The Labute approximate surface area is 92.6 Å². The zero-order valence-corrected chi connectivity index (χ0v) is 8.93. The lowest BCUT2D eigenvalue weighted by molar-refractivity contribution is 0.0264. The van der Waals surface area contributed by atoms with Gasteiger partial charge in [-0.15, -0.1) is 0 Å². The Kier molecular flexibility index (Phi) is 2.96. The molecule has 0 aromatic heterocycles. The number of rotatable bonds is 2. The highest BCUT2D eigenvalue weighted by Crippen LogP contribution is 2.26. The summed E-state index contributed by atoms with van der Waals surface area (Å²) in [6, 6.07) is 4.36. The van der Waals surface area contributed by atoms with Crippen molar-refractivity contribution in [2.75, 3.05) is 13.2 Å². The molecule has 0 amide bonds. The highest BCUT2D eigenvalue weighted by Gasteiger charge is 2.33. The predicted molar refractivity (Wildman–Crippen MR) is 55.5 cm³/mol. The van der Waals surface area contributed by atoms with Crippen molar-refractivity contribution >= 4 is 11.6 Å². The first-order valence-electron chi connectivity index (χ1n) is 4.83. The maximum absolute atomic E-state index is 13.4. The Balaban J connectivity index is 2.19. The van der Waals surface area contributed by atoms with Gasteiger partial charge in [-0.05, 0) is 23.8 Å². The van der Waals surface area contributed by atoms with Gasteiger partial charge in [0.25, 0.3) is 0 Å². The molecule has 15 heavy (non-hydrogen) atoms. The van der Waals surface area contributed by atoms with Gasteiger partial charge >= 0.3 is 0 Å². The Bertz CT molecular complexity index is 362. The van der Waals surface area contributed by atoms with E-state index in [0.717, 1.165) is 0 Å². The van der Waals surface area contributed by atoms with E-state index in [2.05, 4.69) is 0 Å². The number of halogens is 2. The molecule has 1 N–H and O–H groups in total. The molecule has 2 nitrogen and oxygen atoms in total. The molecule has 1 saturated heterocycles. The Morgan fingerprint density at radius 1 is 1.53 bits per heavy atom. The van der Waals surface area contributed by atoms with E-state index in [1.807, 2.05) is 0 Å². The summed E-state index contributed by atoms with van der Waals surface area (Å²) >= 11 is 5.77. The summed E-state index contributed by atoms with van der Waals surface area (Å²) in [7, 11) is 0. The Morgan fingerprint density at radius 2 is 2.33 bits per heavy atom. The van der Waals surface area contributed by atoms with Crippen molar-refractivity contribution in [3.05, 3.63) is 34.6 Å². The first-order valence-corrected chi connectivity index (χ1v) is 5.21. The third-order valence-corrected chi connectivity index (χ3v) is 2.84. The van der Waals surface area contributed by atoms with E-state index >= 15 is 0 Å². The third-order valence-electron chi connectivity index (χ3n) is 2.61. The second-order valence-corrected chi connectivity index (χ2v) is 4.38. The van der Waals surface area contributed by atoms with Crippen LogP contribution in [-0.2, 0) is 11.2 Å². The number of aliphatic hydroxyl groups is 1. The molecule has 82 valence electrons. The summed E-state index contributed by atoms with van der Waals surface area (Å²) in [6.07, 6.45) is 0.790. The molecule has 1 aliphatic heterocycles. The lowest BCUT2D eigenvalue weighted by Crippen LogP contribution is -2.31. The molecule has 1 unspecified atom stereocenters. The molecule has 1 heterocycles. The molecule has 0 radical (unpaired) electrons. The summed E-state index contributed by atoms with van der Waals surface area (Å²) in [6.45, 7) is 0.789. The van der Waals surface area contributed by atoms with Crippen molar-refractivity contribution in [1.29, 1.82) is 0 Å². The number of hydrogen-bond acceptors (Lipinski definition) is 2. The van der Waals surface area contributed by atoms with Crippen LogP contribution in [0.3, 0.4) is 0 Å². The molecule has 1 aromatic rings. The predicted octanol–water partition coefficient (Wildman–Crippen LogP) is 2.17. The fraction of sp³-hybridized carbons (Fsp3) is 0.455. The smallest absolute Gasteiger partial charge is 0.126 e. The summed E-state index contributed by atoms with van der Waals surface area (Å²) in [5.41, 5.74) is -0.499. The second kappa shape index (κ2) is 4.08. The van der Waals surface area contributed by atoms with E-state index in [4.69, 9.17) is 16.3 Å². The number of hydrogen-bond donors (Lipinski definition) is 1. The van der Waals surface area contributed by atoms with Crippen LogP contribution in [0.25, 0.3) is 0 Å². The van der Waals surface area contributed by atoms with Crippen LogP contribution in [0, 0.1) is 5.82 Å². The van der Waals surface area contributed by atoms with Crippen LogP contribution in [0.2, 0.25) is 5.02 Å². The molecule has 0 saturated carbocycles. The van der Waals surface area contributed by atoms with Gasteiger partial charge in [-0.1, -0.05) is 11.6 Å². The molecular formula is C11H12ClFO2. The van der Waals surface area contributed by atoms with Gasteiger partial charge in [-0.3, -0.25) is 0 Å². The molecule has 0 aliphatic carbocycles. The van der Waals surface area contributed by atoms with Crippen molar-refractivity contribution in [2.24, 2.45) is 0 Å². The lowest BCUT2D eigenvalue weighted by atomic mass is 9.94. The highest BCUT2D eigenvalue weighted by atomic mass is 35.5. The van der Waals surface area contributed by atoms with E-state index in [0.29, 0.717) is 23.6 Å². The molecule has 4 heteroatoms. The zero-order chi connectivity index (χ0) is 10.9. The van der Waals surface area contributed by atoms with Gasteiger partial charge in [0.2, 0.25) is 0 Å². The van der Waals surface area contributed by atoms with Crippen LogP contribution in [0.4, 0.5) is 4.39 Å². The van der Waals surface area contributed by atoms with E-state index in [-0.39, 0.29) is 18.8 Å².